The van der Waals surface area contributed by atoms with Crippen molar-refractivity contribution in [1.82, 2.24) is 14.7 Å². The summed E-state index contributed by atoms with van der Waals surface area (Å²) in [5, 5.41) is 4.18. The number of nitrogens with zero attached hydrogens (tertiary/aromatic N) is 3. The zero-order valence-electron chi connectivity index (χ0n) is 7.41. The number of hydrogen-bond acceptors (Lipinski definition) is 2. The van der Waals surface area contributed by atoms with Gasteiger partial charge in [0.2, 0.25) is 0 Å². The summed E-state index contributed by atoms with van der Waals surface area (Å²) >= 11 is 0. The molecular formula is C8H15N3. The van der Waals surface area contributed by atoms with E-state index in [1.54, 1.807) is 0 Å². The van der Waals surface area contributed by atoms with Crippen LogP contribution in [0.3, 0.4) is 0 Å². The summed E-state index contributed by atoms with van der Waals surface area (Å²) in [5.41, 5.74) is 1.23. The lowest BCUT2D eigenvalue weighted by atomic mass is 10.5. The lowest BCUT2D eigenvalue weighted by Crippen LogP contribution is -2.19. The van der Waals surface area contributed by atoms with Crippen LogP contribution in [-0.4, -0.2) is 35.3 Å². The van der Waals surface area contributed by atoms with E-state index in [2.05, 4.69) is 31.0 Å². The Morgan fingerprint density at radius 3 is 2.73 bits per heavy atom. The maximum absolute atomic E-state index is 4.18. The van der Waals surface area contributed by atoms with Gasteiger partial charge in [0.25, 0.3) is 0 Å². The molecule has 1 aromatic heterocycles. The van der Waals surface area contributed by atoms with Crippen LogP contribution < -0.4 is 0 Å². The number of likely N-dealkylation sites (N-methyl/N-ethyl adjacent to an activating group) is 1. The van der Waals surface area contributed by atoms with Gasteiger partial charge < -0.3 is 4.90 Å². The first kappa shape index (κ1) is 8.27. The zero-order valence-corrected chi connectivity index (χ0v) is 7.41. The molecule has 0 atom stereocenters. The van der Waals surface area contributed by atoms with Crippen LogP contribution in [0, 0.1) is 6.92 Å². The Balaban J connectivity index is 2.44. The minimum absolute atomic E-state index is 0.978. The normalized spacial score (nSPS) is 10.9. The summed E-state index contributed by atoms with van der Waals surface area (Å²) < 4.78 is 2.01. The van der Waals surface area contributed by atoms with Crippen LogP contribution in [0.5, 0.6) is 0 Å². The van der Waals surface area contributed by atoms with E-state index >= 15 is 0 Å². The van der Waals surface area contributed by atoms with Crippen LogP contribution in [-0.2, 0) is 6.54 Å². The van der Waals surface area contributed by atoms with Gasteiger partial charge in [-0.2, -0.15) is 5.10 Å². The second-order valence-corrected chi connectivity index (χ2v) is 3.00. The minimum atomic E-state index is 0.978. The highest BCUT2D eigenvalue weighted by Gasteiger charge is 1.96. The Morgan fingerprint density at radius 2 is 2.27 bits per heavy atom. The molecule has 11 heavy (non-hydrogen) atoms. The van der Waals surface area contributed by atoms with Crippen LogP contribution in [0.1, 0.15) is 5.69 Å². The van der Waals surface area contributed by atoms with Crippen LogP contribution in [0.15, 0.2) is 12.3 Å². The maximum atomic E-state index is 4.18. The van der Waals surface area contributed by atoms with E-state index in [1.807, 2.05) is 16.9 Å². The summed E-state index contributed by atoms with van der Waals surface area (Å²) in [5.74, 6) is 0. The molecular weight excluding hydrogens is 138 g/mol. The fraction of sp³-hybridized carbons (Fsp3) is 0.625. The SMILES string of the molecule is Cc1ccnn1CCN(C)C. The van der Waals surface area contributed by atoms with E-state index in [0.29, 0.717) is 0 Å². The van der Waals surface area contributed by atoms with E-state index in [9.17, 15) is 0 Å². The van der Waals surface area contributed by atoms with Gasteiger partial charge in [-0.1, -0.05) is 0 Å². The van der Waals surface area contributed by atoms with Crippen molar-refractivity contribution < 1.29 is 0 Å². The molecule has 0 unspecified atom stereocenters. The van der Waals surface area contributed by atoms with Gasteiger partial charge in [-0.15, -0.1) is 0 Å². The molecule has 1 rings (SSSR count). The molecule has 1 heterocycles. The molecule has 0 aromatic carbocycles. The van der Waals surface area contributed by atoms with Crippen molar-refractivity contribution in [1.29, 1.82) is 0 Å². The smallest absolute Gasteiger partial charge is 0.0539 e. The van der Waals surface area contributed by atoms with Crippen LogP contribution in [0.2, 0.25) is 0 Å². The van der Waals surface area contributed by atoms with Gasteiger partial charge in [0, 0.05) is 18.4 Å². The van der Waals surface area contributed by atoms with Gasteiger partial charge in [0.1, 0.15) is 0 Å². The van der Waals surface area contributed by atoms with Crippen LogP contribution in [0.4, 0.5) is 0 Å². The van der Waals surface area contributed by atoms with Crippen LogP contribution >= 0.6 is 0 Å². The number of aromatic nitrogens is 2. The largest absolute Gasteiger partial charge is 0.308 e. The first-order valence-corrected chi connectivity index (χ1v) is 3.83. The van der Waals surface area contributed by atoms with E-state index in [1.165, 1.54) is 5.69 Å². The summed E-state index contributed by atoms with van der Waals surface area (Å²) in [6.45, 7) is 4.09. The molecule has 0 fully saturated rings. The summed E-state index contributed by atoms with van der Waals surface area (Å²) in [4.78, 5) is 2.15. The Hall–Kier alpha value is -0.830. The molecule has 62 valence electrons. The molecule has 0 bridgehead atoms. The van der Waals surface area contributed by atoms with Crippen molar-refractivity contribution in [2.45, 2.75) is 13.5 Å². The third-order valence-electron chi connectivity index (χ3n) is 1.69. The van der Waals surface area contributed by atoms with Crippen molar-refractivity contribution in [2.24, 2.45) is 0 Å². The summed E-state index contributed by atoms with van der Waals surface area (Å²) in [6.07, 6.45) is 1.84. The molecule has 0 N–H and O–H groups in total. The van der Waals surface area contributed by atoms with Crippen molar-refractivity contribution in [3.8, 4) is 0 Å². The predicted molar refractivity (Wildman–Crippen MR) is 45.5 cm³/mol. The molecule has 3 heteroatoms. The molecule has 0 spiro atoms. The van der Waals surface area contributed by atoms with Crippen LogP contribution in [0.25, 0.3) is 0 Å². The average molecular weight is 153 g/mol. The number of aryl methyl sites for hydroxylation is 1. The van der Waals surface area contributed by atoms with Gasteiger partial charge in [0.15, 0.2) is 0 Å². The second-order valence-electron chi connectivity index (χ2n) is 3.00. The highest BCUT2D eigenvalue weighted by Crippen LogP contribution is 1.94. The second kappa shape index (κ2) is 3.53. The zero-order chi connectivity index (χ0) is 8.27. The first-order chi connectivity index (χ1) is 5.20. The van der Waals surface area contributed by atoms with E-state index < -0.39 is 0 Å². The average Bonchev–Trinajstić information content (AvgIpc) is 2.31. The minimum Gasteiger partial charge on any atom is -0.308 e. The first-order valence-electron chi connectivity index (χ1n) is 3.83. The molecule has 0 aliphatic carbocycles. The van der Waals surface area contributed by atoms with Crippen molar-refractivity contribution in [3.05, 3.63) is 18.0 Å². The molecule has 0 amide bonds. The summed E-state index contributed by atoms with van der Waals surface area (Å²) in [7, 11) is 4.14. The highest BCUT2D eigenvalue weighted by atomic mass is 15.3. The van der Waals surface area contributed by atoms with Gasteiger partial charge in [-0.3, -0.25) is 4.68 Å². The molecule has 0 aliphatic heterocycles. The molecule has 0 saturated carbocycles. The third kappa shape index (κ3) is 2.35. The quantitative estimate of drug-likeness (QED) is 0.639. The van der Waals surface area contributed by atoms with Gasteiger partial charge in [-0.05, 0) is 27.1 Å². The Kier molecular flexibility index (Phi) is 2.65. The third-order valence-corrected chi connectivity index (χ3v) is 1.69. The van der Waals surface area contributed by atoms with Crippen molar-refractivity contribution in [3.63, 3.8) is 0 Å². The Labute approximate surface area is 67.6 Å². The Morgan fingerprint density at radius 1 is 1.55 bits per heavy atom. The molecule has 0 saturated heterocycles. The summed E-state index contributed by atoms with van der Waals surface area (Å²) in [6, 6.07) is 2.02. The Bertz CT molecular complexity index is 215. The molecule has 3 nitrogen and oxygen atoms in total. The van der Waals surface area contributed by atoms with Gasteiger partial charge in [-0.25, -0.2) is 0 Å². The van der Waals surface area contributed by atoms with E-state index in [4.69, 9.17) is 0 Å². The monoisotopic (exact) mass is 153 g/mol. The molecule has 0 radical (unpaired) electrons. The van der Waals surface area contributed by atoms with Crippen molar-refractivity contribution in [2.75, 3.05) is 20.6 Å². The maximum Gasteiger partial charge on any atom is 0.0539 e. The molecule has 0 aliphatic rings. The predicted octanol–water partition coefficient (Wildman–Crippen LogP) is 0.753. The van der Waals surface area contributed by atoms with E-state index in [-0.39, 0.29) is 0 Å². The standard InChI is InChI=1S/C8H15N3/c1-8-4-5-9-11(8)7-6-10(2)3/h4-5H,6-7H2,1-3H3. The highest BCUT2D eigenvalue weighted by molar-refractivity contribution is 4.96. The fourth-order valence-electron chi connectivity index (χ4n) is 0.928. The van der Waals surface area contributed by atoms with Gasteiger partial charge in [0.05, 0.1) is 6.54 Å². The van der Waals surface area contributed by atoms with Crippen molar-refractivity contribution >= 4 is 0 Å². The number of hydrogen-bond donors (Lipinski definition) is 0. The number of rotatable bonds is 3. The van der Waals surface area contributed by atoms with E-state index in [0.717, 1.165) is 13.1 Å². The topological polar surface area (TPSA) is 21.1 Å². The van der Waals surface area contributed by atoms with Gasteiger partial charge >= 0.3 is 0 Å². The fourth-order valence-corrected chi connectivity index (χ4v) is 0.928. The lowest BCUT2D eigenvalue weighted by molar-refractivity contribution is 0.371. The molecule has 1 aromatic rings. The lowest BCUT2D eigenvalue weighted by Gasteiger charge is -2.09.